The Morgan fingerprint density at radius 1 is 1.22 bits per heavy atom. The van der Waals surface area contributed by atoms with Crippen molar-refractivity contribution in [1.29, 1.82) is 5.26 Å². The number of methoxy groups -OCH3 is 1. The zero-order valence-electron chi connectivity index (χ0n) is 16.0. The van der Waals surface area contributed by atoms with E-state index in [0.717, 1.165) is 24.8 Å². The summed E-state index contributed by atoms with van der Waals surface area (Å²) in [5.41, 5.74) is 3.61. The molecule has 0 bridgehead atoms. The standard InChI is InChI=1S/C22H25N3O2/c1-4-5-6-17-8-10-19(11-9-17)25-22(26)18(14-23)15-24-20-13-16(2)7-12-21(20)27-3/h7-13,15,24H,4-6H2,1-3H3,(H,25,26)/b18-15-. The molecule has 2 rings (SSSR count). The Bertz CT molecular complexity index is 849. The highest BCUT2D eigenvalue weighted by Crippen LogP contribution is 2.25. The van der Waals surface area contributed by atoms with Gasteiger partial charge in [0, 0.05) is 11.9 Å². The zero-order valence-corrected chi connectivity index (χ0v) is 16.0. The van der Waals surface area contributed by atoms with Crippen LogP contribution in [0.1, 0.15) is 30.9 Å². The molecule has 2 aromatic rings. The van der Waals surface area contributed by atoms with Crippen molar-refractivity contribution in [3.8, 4) is 11.8 Å². The van der Waals surface area contributed by atoms with Crippen LogP contribution in [0.3, 0.4) is 0 Å². The molecular formula is C22H25N3O2. The topological polar surface area (TPSA) is 74.2 Å². The van der Waals surface area contributed by atoms with Crippen LogP contribution in [-0.2, 0) is 11.2 Å². The van der Waals surface area contributed by atoms with Gasteiger partial charge in [-0.1, -0.05) is 31.5 Å². The normalized spacial score (nSPS) is 10.8. The molecule has 0 heterocycles. The van der Waals surface area contributed by atoms with E-state index in [9.17, 15) is 10.1 Å². The van der Waals surface area contributed by atoms with Crippen molar-refractivity contribution < 1.29 is 9.53 Å². The third-order valence-corrected chi connectivity index (χ3v) is 4.12. The maximum atomic E-state index is 12.4. The summed E-state index contributed by atoms with van der Waals surface area (Å²) in [7, 11) is 1.57. The smallest absolute Gasteiger partial charge is 0.267 e. The molecule has 2 N–H and O–H groups in total. The lowest BCUT2D eigenvalue weighted by Gasteiger charge is -2.10. The Labute approximate surface area is 160 Å². The van der Waals surface area contributed by atoms with Crippen molar-refractivity contribution in [1.82, 2.24) is 0 Å². The summed E-state index contributed by atoms with van der Waals surface area (Å²) in [6, 6.07) is 15.3. The van der Waals surface area contributed by atoms with E-state index in [-0.39, 0.29) is 5.57 Å². The lowest BCUT2D eigenvalue weighted by Crippen LogP contribution is -2.14. The molecule has 0 aliphatic rings. The van der Waals surface area contributed by atoms with Gasteiger partial charge in [0.05, 0.1) is 12.8 Å². The highest BCUT2D eigenvalue weighted by Gasteiger charge is 2.10. The van der Waals surface area contributed by atoms with Gasteiger partial charge in [-0.2, -0.15) is 5.26 Å². The number of benzene rings is 2. The van der Waals surface area contributed by atoms with Gasteiger partial charge in [-0.15, -0.1) is 0 Å². The molecule has 0 aliphatic heterocycles. The molecule has 0 saturated heterocycles. The molecule has 2 aromatic carbocycles. The fourth-order valence-corrected chi connectivity index (χ4v) is 2.57. The van der Waals surface area contributed by atoms with E-state index >= 15 is 0 Å². The third-order valence-electron chi connectivity index (χ3n) is 4.12. The van der Waals surface area contributed by atoms with E-state index in [4.69, 9.17) is 4.74 Å². The van der Waals surface area contributed by atoms with Gasteiger partial charge < -0.3 is 15.4 Å². The van der Waals surface area contributed by atoms with E-state index in [2.05, 4.69) is 17.6 Å². The minimum atomic E-state index is -0.460. The summed E-state index contributed by atoms with van der Waals surface area (Å²) in [6.07, 6.45) is 4.70. The van der Waals surface area contributed by atoms with Crippen molar-refractivity contribution in [3.05, 3.63) is 65.4 Å². The SMILES string of the molecule is CCCCc1ccc(NC(=O)/C(C#N)=C\Nc2cc(C)ccc2OC)cc1. The number of hydrogen-bond donors (Lipinski definition) is 2. The Morgan fingerprint density at radius 3 is 2.59 bits per heavy atom. The van der Waals surface area contributed by atoms with Crippen LogP contribution in [-0.4, -0.2) is 13.0 Å². The molecule has 0 fully saturated rings. The number of unbranched alkanes of at least 4 members (excludes halogenated alkanes) is 1. The Hall–Kier alpha value is -3.26. The Balaban J connectivity index is 2.06. The summed E-state index contributed by atoms with van der Waals surface area (Å²) in [5.74, 6) is 0.176. The number of rotatable bonds is 8. The highest BCUT2D eigenvalue weighted by atomic mass is 16.5. The second kappa shape index (κ2) is 10.0. The van der Waals surface area contributed by atoms with Crippen LogP contribution in [0, 0.1) is 18.3 Å². The molecule has 27 heavy (non-hydrogen) atoms. The first-order valence-corrected chi connectivity index (χ1v) is 8.99. The molecule has 0 aliphatic carbocycles. The molecule has 0 radical (unpaired) electrons. The number of amides is 1. The summed E-state index contributed by atoms with van der Waals surface area (Å²) < 4.78 is 5.29. The average Bonchev–Trinajstić information content (AvgIpc) is 2.68. The second-order valence-electron chi connectivity index (χ2n) is 6.27. The van der Waals surface area contributed by atoms with E-state index in [1.54, 1.807) is 7.11 Å². The van der Waals surface area contributed by atoms with Crippen LogP contribution in [0.4, 0.5) is 11.4 Å². The molecule has 5 heteroatoms. The van der Waals surface area contributed by atoms with E-state index < -0.39 is 5.91 Å². The largest absolute Gasteiger partial charge is 0.495 e. The number of carbonyl (C=O) groups is 1. The van der Waals surface area contributed by atoms with Crippen LogP contribution >= 0.6 is 0 Å². The maximum Gasteiger partial charge on any atom is 0.267 e. The average molecular weight is 363 g/mol. The summed E-state index contributed by atoms with van der Waals surface area (Å²) in [5, 5.41) is 15.1. The number of hydrogen-bond acceptors (Lipinski definition) is 4. The van der Waals surface area contributed by atoms with Crippen molar-refractivity contribution in [3.63, 3.8) is 0 Å². The van der Waals surface area contributed by atoms with Gasteiger partial charge >= 0.3 is 0 Å². The number of nitrogens with zero attached hydrogens (tertiary/aromatic N) is 1. The maximum absolute atomic E-state index is 12.4. The third kappa shape index (κ3) is 5.89. The van der Waals surface area contributed by atoms with Crippen LogP contribution < -0.4 is 15.4 Å². The number of ether oxygens (including phenoxy) is 1. The van der Waals surface area contributed by atoms with Crippen LogP contribution in [0.5, 0.6) is 5.75 Å². The Kier molecular flexibility index (Phi) is 7.45. The molecule has 0 unspecified atom stereocenters. The Morgan fingerprint density at radius 2 is 1.96 bits per heavy atom. The summed E-state index contributed by atoms with van der Waals surface area (Å²) >= 11 is 0. The molecule has 0 atom stereocenters. The van der Waals surface area contributed by atoms with Gasteiger partial charge in [-0.25, -0.2) is 0 Å². The fourth-order valence-electron chi connectivity index (χ4n) is 2.57. The molecule has 0 aromatic heterocycles. The van der Waals surface area contributed by atoms with Gasteiger partial charge in [0.25, 0.3) is 5.91 Å². The first-order valence-electron chi connectivity index (χ1n) is 8.99. The number of nitrogens with one attached hydrogen (secondary N) is 2. The number of carbonyl (C=O) groups excluding carboxylic acids is 1. The van der Waals surface area contributed by atoms with Crippen LogP contribution in [0.2, 0.25) is 0 Å². The van der Waals surface area contributed by atoms with Gasteiger partial charge in [0.15, 0.2) is 0 Å². The first-order chi connectivity index (χ1) is 13.1. The van der Waals surface area contributed by atoms with Crippen molar-refractivity contribution >= 4 is 17.3 Å². The lowest BCUT2D eigenvalue weighted by molar-refractivity contribution is -0.112. The first kappa shape index (κ1) is 20.1. The number of anilines is 2. The van der Waals surface area contributed by atoms with E-state index in [1.165, 1.54) is 11.8 Å². The van der Waals surface area contributed by atoms with E-state index in [0.29, 0.717) is 17.1 Å². The van der Waals surface area contributed by atoms with Crippen molar-refractivity contribution in [2.45, 2.75) is 33.1 Å². The van der Waals surface area contributed by atoms with Crippen molar-refractivity contribution in [2.24, 2.45) is 0 Å². The van der Waals surface area contributed by atoms with Crippen LogP contribution in [0.25, 0.3) is 0 Å². The van der Waals surface area contributed by atoms with Gasteiger partial charge in [-0.05, 0) is 55.2 Å². The monoisotopic (exact) mass is 363 g/mol. The predicted octanol–water partition coefficient (Wildman–Crippen LogP) is 4.80. The lowest BCUT2D eigenvalue weighted by atomic mass is 10.1. The number of aryl methyl sites for hydroxylation is 2. The minimum Gasteiger partial charge on any atom is -0.495 e. The molecule has 1 amide bonds. The second-order valence-corrected chi connectivity index (χ2v) is 6.27. The predicted molar refractivity (Wildman–Crippen MR) is 109 cm³/mol. The quantitative estimate of drug-likeness (QED) is 0.522. The molecule has 140 valence electrons. The minimum absolute atomic E-state index is 0.0198. The molecule has 0 spiro atoms. The van der Waals surface area contributed by atoms with Crippen molar-refractivity contribution in [2.75, 3.05) is 17.7 Å². The van der Waals surface area contributed by atoms with Crippen LogP contribution in [0.15, 0.2) is 54.2 Å². The summed E-state index contributed by atoms with van der Waals surface area (Å²) in [4.78, 5) is 12.4. The molecule has 5 nitrogen and oxygen atoms in total. The molecule has 0 saturated carbocycles. The van der Waals surface area contributed by atoms with E-state index in [1.807, 2.05) is 55.5 Å². The zero-order chi connectivity index (χ0) is 19.6. The van der Waals surface area contributed by atoms with Gasteiger partial charge in [0.2, 0.25) is 0 Å². The van der Waals surface area contributed by atoms with Gasteiger partial charge in [-0.3, -0.25) is 4.79 Å². The molecular weight excluding hydrogens is 338 g/mol. The highest BCUT2D eigenvalue weighted by molar-refractivity contribution is 6.06. The van der Waals surface area contributed by atoms with Gasteiger partial charge in [0.1, 0.15) is 17.4 Å². The summed E-state index contributed by atoms with van der Waals surface area (Å²) in [6.45, 7) is 4.11. The number of nitriles is 1. The fraction of sp³-hybridized carbons (Fsp3) is 0.273.